The second-order valence-corrected chi connectivity index (χ2v) is 7.78. The van der Waals surface area contributed by atoms with E-state index in [1.54, 1.807) is 4.68 Å². The lowest BCUT2D eigenvalue weighted by Crippen LogP contribution is -2.22. The number of para-hydroxylation sites is 2. The van der Waals surface area contributed by atoms with E-state index in [4.69, 9.17) is 0 Å². The van der Waals surface area contributed by atoms with Gasteiger partial charge in [0.25, 0.3) is 0 Å². The summed E-state index contributed by atoms with van der Waals surface area (Å²) in [4.78, 5) is 16.9. The molecule has 4 rings (SSSR count). The monoisotopic (exact) mass is 382 g/mol. The van der Waals surface area contributed by atoms with Gasteiger partial charge < -0.3 is 5.32 Å². The summed E-state index contributed by atoms with van der Waals surface area (Å²) in [7, 11) is 0. The van der Waals surface area contributed by atoms with Gasteiger partial charge in [0, 0.05) is 0 Å². The van der Waals surface area contributed by atoms with Crippen molar-refractivity contribution >= 4 is 44.4 Å². The summed E-state index contributed by atoms with van der Waals surface area (Å²) < 4.78 is 2.66. The van der Waals surface area contributed by atoms with Crippen LogP contribution in [0.2, 0.25) is 0 Å². The lowest BCUT2D eigenvalue weighted by Gasteiger charge is -2.10. The van der Waals surface area contributed by atoms with Gasteiger partial charge in [-0.15, -0.1) is 5.10 Å². The van der Waals surface area contributed by atoms with E-state index in [0.29, 0.717) is 10.3 Å². The van der Waals surface area contributed by atoms with Gasteiger partial charge in [-0.3, -0.25) is 4.79 Å². The van der Waals surface area contributed by atoms with E-state index < -0.39 is 0 Å². The summed E-state index contributed by atoms with van der Waals surface area (Å²) in [5.41, 5.74) is 1.72. The Labute approximate surface area is 157 Å². The first-order valence-electron chi connectivity index (χ1n) is 7.87. The van der Waals surface area contributed by atoms with Crippen molar-refractivity contribution in [3.8, 4) is 5.69 Å². The first-order valence-corrected chi connectivity index (χ1v) is 9.57. The standard InChI is InChI=1S/C17H14N6OS2/c1-11(15(24)19-16-18-13-9-5-6-10-14(13)26-16)25-17-20-21-22-23(17)12-7-3-2-4-8-12/h2-11H,1H3,(H,18,19,24). The summed E-state index contributed by atoms with van der Waals surface area (Å²) in [6.45, 7) is 1.82. The van der Waals surface area contributed by atoms with Crippen LogP contribution < -0.4 is 5.32 Å². The van der Waals surface area contributed by atoms with E-state index >= 15 is 0 Å². The van der Waals surface area contributed by atoms with Gasteiger partial charge in [0.15, 0.2) is 5.13 Å². The van der Waals surface area contributed by atoms with Crippen molar-refractivity contribution in [2.24, 2.45) is 0 Å². The molecule has 7 nitrogen and oxygen atoms in total. The number of tetrazole rings is 1. The highest BCUT2D eigenvalue weighted by atomic mass is 32.2. The molecular weight excluding hydrogens is 368 g/mol. The third-order valence-corrected chi connectivity index (χ3v) is 5.60. The van der Waals surface area contributed by atoms with Gasteiger partial charge in [0.05, 0.1) is 21.2 Å². The normalized spacial score (nSPS) is 12.2. The van der Waals surface area contributed by atoms with Crippen molar-refractivity contribution in [2.75, 3.05) is 5.32 Å². The molecule has 2 aromatic heterocycles. The summed E-state index contributed by atoms with van der Waals surface area (Å²) in [6, 6.07) is 17.4. The fraction of sp³-hybridized carbons (Fsp3) is 0.118. The highest BCUT2D eigenvalue weighted by Gasteiger charge is 2.20. The number of thiazole rings is 1. The number of amides is 1. The van der Waals surface area contributed by atoms with Crippen molar-refractivity contribution in [1.82, 2.24) is 25.2 Å². The molecule has 1 atom stereocenters. The number of aromatic nitrogens is 5. The molecule has 1 amide bonds. The van der Waals surface area contributed by atoms with Crippen molar-refractivity contribution in [1.29, 1.82) is 0 Å². The number of thioether (sulfide) groups is 1. The van der Waals surface area contributed by atoms with Gasteiger partial charge in [0.1, 0.15) is 0 Å². The second-order valence-electron chi connectivity index (χ2n) is 5.44. The molecule has 2 aromatic carbocycles. The summed E-state index contributed by atoms with van der Waals surface area (Å²) >= 11 is 2.75. The number of hydrogen-bond donors (Lipinski definition) is 1. The maximum Gasteiger partial charge on any atom is 0.239 e. The molecule has 9 heteroatoms. The van der Waals surface area contributed by atoms with Crippen LogP contribution in [0.5, 0.6) is 0 Å². The molecule has 130 valence electrons. The van der Waals surface area contributed by atoms with Gasteiger partial charge in [-0.1, -0.05) is 53.4 Å². The number of carbonyl (C=O) groups excluding carboxylic acids is 1. The average Bonchev–Trinajstić information content (AvgIpc) is 3.28. The number of rotatable bonds is 5. The van der Waals surface area contributed by atoms with E-state index in [1.165, 1.54) is 23.1 Å². The molecular formula is C17H14N6OS2. The maximum atomic E-state index is 12.5. The molecule has 0 saturated carbocycles. The van der Waals surface area contributed by atoms with Gasteiger partial charge in [-0.05, 0) is 41.6 Å². The number of anilines is 1. The topological polar surface area (TPSA) is 85.6 Å². The van der Waals surface area contributed by atoms with Crippen molar-refractivity contribution in [3.05, 3.63) is 54.6 Å². The van der Waals surface area contributed by atoms with Crippen LogP contribution in [-0.4, -0.2) is 36.3 Å². The molecule has 0 fully saturated rings. The van der Waals surface area contributed by atoms with Crippen LogP contribution in [0.3, 0.4) is 0 Å². The molecule has 1 N–H and O–H groups in total. The lowest BCUT2D eigenvalue weighted by atomic mass is 10.3. The predicted octanol–water partition coefficient (Wildman–Crippen LogP) is 3.39. The molecule has 0 aliphatic carbocycles. The van der Waals surface area contributed by atoms with Crippen molar-refractivity contribution in [3.63, 3.8) is 0 Å². The number of hydrogen-bond acceptors (Lipinski definition) is 7. The summed E-state index contributed by atoms with van der Waals surface area (Å²) in [6.07, 6.45) is 0. The van der Waals surface area contributed by atoms with Crippen LogP contribution in [0.1, 0.15) is 6.92 Å². The highest BCUT2D eigenvalue weighted by molar-refractivity contribution is 8.00. The Morgan fingerprint density at radius 3 is 2.73 bits per heavy atom. The van der Waals surface area contributed by atoms with E-state index in [2.05, 4.69) is 25.8 Å². The zero-order chi connectivity index (χ0) is 17.9. The lowest BCUT2D eigenvalue weighted by molar-refractivity contribution is -0.115. The molecule has 2 heterocycles. The van der Waals surface area contributed by atoms with Gasteiger partial charge in [0.2, 0.25) is 11.1 Å². The minimum Gasteiger partial charge on any atom is -0.301 e. The second kappa shape index (κ2) is 7.22. The van der Waals surface area contributed by atoms with E-state index in [9.17, 15) is 4.79 Å². The van der Waals surface area contributed by atoms with E-state index in [1.807, 2.05) is 61.5 Å². The first kappa shape index (κ1) is 16.7. The van der Waals surface area contributed by atoms with Gasteiger partial charge >= 0.3 is 0 Å². The Hall–Kier alpha value is -2.78. The van der Waals surface area contributed by atoms with E-state index in [-0.39, 0.29) is 11.2 Å². The van der Waals surface area contributed by atoms with Crippen molar-refractivity contribution < 1.29 is 4.79 Å². The molecule has 26 heavy (non-hydrogen) atoms. The van der Waals surface area contributed by atoms with Crippen LogP contribution >= 0.6 is 23.1 Å². The van der Waals surface area contributed by atoms with Crippen LogP contribution in [0.25, 0.3) is 15.9 Å². The smallest absolute Gasteiger partial charge is 0.239 e. The quantitative estimate of drug-likeness (QED) is 0.533. The number of nitrogens with one attached hydrogen (secondary N) is 1. The fourth-order valence-electron chi connectivity index (χ4n) is 2.33. The summed E-state index contributed by atoms with van der Waals surface area (Å²) in [5, 5.41) is 15.4. The minimum atomic E-state index is -0.379. The zero-order valence-corrected chi connectivity index (χ0v) is 15.4. The largest absolute Gasteiger partial charge is 0.301 e. The van der Waals surface area contributed by atoms with E-state index in [0.717, 1.165) is 15.9 Å². The minimum absolute atomic E-state index is 0.142. The zero-order valence-electron chi connectivity index (χ0n) is 13.7. The molecule has 4 aromatic rings. The molecule has 0 radical (unpaired) electrons. The average molecular weight is 382 g/mol. The van der Waals surface area contributed by atoms with Crippen LogP contribution in [0, 0.1) is 0 Å². The number of nitrogens with zero attached hydrogens (tertiary/aromatic N) is 5. The third kappa shape index (κ3) is 3.44. The third-order valence-electron chi connectivity index (χ3n) is 3.62. The van der Waals surface area contributed by atoms with Crippen LogP contribution in [0.15, 0.2) is 59.8 Å². The molecule has 0 bridgehead atoms. The Kier molecular flexibility index (Phi) is 4.63. The number of carbonyl (C=O) groups is 1. The molecule has 0 aliphatic heterocycles. The fourth-order valence-corrected chi connectivity index (χ4v) is 4.00. The van der Waals surface area contributed by atoms with Crippen molar-refractivity contribution in [2.45, 2.75) is 17.3 Å². The maximum absolute atomic E-state index is 12.5. The van der Waals surface area contributed by atoms with Gasteiger partial charge in [-0.2, -0.15) is 4.68 Å². The molecule has 1 unspecified atom stereocenters. The first-order chi connectivity index (χ1) is 12.7. The highest BCUT2D eigenvalue weighted by Crippen LogP contribution is 2.27. The van der Waals surface area contributed by atoms with Crippen LogP contribution in [0.4, 0.5) is 5.13 Å². The number of fused-ring (bicyclic) bond motifs is 1. The van der Waals surface area contributed by atoms with Gasteiger partial charge in [-0.25, -0.2) is 4.98 Å². The SMILES string of the molecule is CC(Sc1nnnn1-c1ccccc1)C(=O)Nc1nc2ccccc2s1. The Morgan fingerprint density at radius 1 is 1.15 bits per heavy atom. The number of benzene rings is 2. The Morgan fingerprint density at radius 2 is 1.92 bits per heavy atom. The molecule has 0 aliphatic rings. The van der Waals surface area contributed by atoms with Crippen LogP contribution in [-0.2, 0) is 4.79 Å². The summed E-state index contributed by atoms with van der Waals surface area (Å²) in [5.74, 6) is -0.142. The Bertz CT molecular complexity index is 1010. The Balaban J connectivity index is 1.47. The molecule has 0 spiro atoms. The molecule has 0 saturated heterocycles. The predicted molar refractivity (Wildman–Crippen MR) is 103 cm³/mol.